The van der Waals surface area contributed by atoms with E-state index in [0.717, 1.165) is 28.6 Å². The first-order valence-corrected chi connectivity index (χ1v) is 10.4. The Bertz CT molecular complexity index is 1120. The summed E-state index contributed by atoms with van der Waals surface area (Å²) in [6.45, 7) is 2.57. The number of hydrogen-bond acceptors (Lipinski definition) is 7. The molecule has 0 unspecified atom stereocenters. The first-order valence-electron chi connectivity index (χ1n) is 8.92. The molecule has 0 saturated heterocycles. The Morgan fingerprint density at radius 1 is 1.23 bits per heavy atom. The number of benzene rings is 2. The Labute approximate surface area is 177 Å². The molecule has 2 aromatic rings. The first kappa shape index (κ1) is 23.9. The van der Waals surface area contributed by atoms with Gasteiger partial charge in [-0.15, -0.1) is 0 Å². The van der Waals surface area contributed by atoms with Gasteiger partial charge in [-0.3, -0.25) is 14.9 Å². The minimum absolute atomic E-state index is 0.104. The van der Waals surface area contributed by atoms with Gasteiger partial charge in [0.1, 0.15) is 5.82 Å². The van der Waals surface area contributed by atoms with Gasteiger partial charge in [-0.1, -0.05) is 6.07 Å². The van der Waals surface area contributed by atoms with Gasteiger partial charge in [-0.25, -0.2) is 17.6 Å². The minimum atomic E-state index is -3.83. The number of nitro benzene ring substituents is 1. The minimum Gasteiger partial charge on any atom is -0.452 e. The summed E-state index contributed by atoms with van der Waals surface area (Å²) in [6, 6.07) is 7.39. The maximum atomic E-state index is 13.7. The highest BCUT2D eigenvalue weighted by Crippen LogP contribution is 2.21. The summed E-state index contributed by atoms with van der Waals surface area (Å²) >= 11 is 0. The molecule has 0 aliphatic rings. The Balaban J connectivity index is 2.08. The maximum Gasteiger partial charge on any atom is 0.338 e. The molecule has 0 heterocycles. The average molecular weight is 453 g/mol. The number of carbonyl (C=O) groups excluding carboxylic acids is 2. The summed E-state index contributed by atoms with van der Waals surface area (Å²) in [5, 5.41) is 12.8. The number of rotatable bonds is 8. The van der Waals surface area contributed by atoms with Gasteiger partial charge in [0, 0.05) is 25.2 Å². The van der Waals surface area contributed by atoms with Crippen LogP contribution in [0.2, 0.25) is 0 Å². The summed E-state index contributed by atoms with van der Waals surface area (Å²) in [5.74, 6) is -2.81. The molecular weight excluding hydrogens is 433 g/mol. The van der Waals surface area contributed by atoms with Crippen LogP contribution in [0, 0.1) is 15.9 Å². The van der Waals surface area contributed by atoms with E-state index in [2.05, 4.69) is 5.32 Å². The summed E-state index contributed by atoms with van der Waals surface area (Å²) in [7, 11) is -2.43. The molecule has 1 amide bonds. The van der Waals surface area contributed by atoms with Gasteiger partial charge in [0.25, 0.3) is 11.6 Å². The lowest BCUT2D eigenvalue weighted by Gasteiger charge is -2.21. The van der Waals surface area contributed by atoms with Gasteiger partial charge in [-0.2, -0.15) is 4.31 Å². The molecule has 31 heavy (non-hydrogen) atoms. The van der Waals surface area contributed by atoms with Crippen LogP contribution in [0.15, 0.2) is 47.4 Å². The second-order valence-corrected chi connectivity index (χ2v) is 8.69. The predicted octanol–water partition coefficient (Wildman–Crippen LogP) is 2.56. The van der Waals surface area contributed by atoms with Crippen molar-refractivity contribution < 1.29 is 32.1 Å². The molecule has 0 bridgehead atoms. The van der Waals surface area contributed by atoms with Crippen LogP contribution >= 0.6 is 0 Å². The van der Waals surface area contributed by atoms with E-state index in [-0.39, 0.29) is 16.5 Å². The van der Waals surface area contributed by atoms with Crippen molar-refractivity contribution in [1.82, 2.24) is 4.31 Å². The molecule has 0 atom stereocenters. The van der Waals surface area contributed by atoms with Gasteiger partial charge >= 0.3 is 5.97 Å². The average Bonchev–Trinajstić information content (AvgIpc) is 2.72. The summed E-state index contributed by atoms with van der Waals surface area (Å²) < 4.78 is 44.8. The highest BCUT2D eigenvalue weighted by atomic mass is 32.2. The molecule has 0 fully saturated rings. The number of carbonyl (C=O) groups is 2. The normalized spacial score (nSPS) is 11.4. The number of hydrogen-bond donors (Lipinski definition) is 1. The molecule has 0 aliphatic heterocycles. The number of esters is 1. The van der Waals surface area contributed by atoms with Gasteiger partial charge < -0.3 is 10.1 Å². The van der Waals surface area contributed by atoms with E-state index < -0.39 is 50.6 Å². The number of non-ortho nitro benzene ring substituents is 1. The number of ether oxygens (including phenoxy) is 1. The largest absolute Gasteiger partial charge is 0.452 e. The topological polar surface area (TPSA) is 136 Å². The third-order valence-electron chi connectivity index (χ3n) is 4.24. The van der Waals surface area contributed by atoms with Crippen molar-refractivity contribution in [1.29, 1.82) is 0 Å². The molecule has 10 nitrogen and oxygen atoms in total. The quantitative estimate of drug-likeness (QED) is 0.368. The molecule has 0 aromatic heterocycles. The molecule has 1 N–H and O–H groups in total. The van der Waals surface area contributed by atoms with Gasteiger partial charge in [0.05, 0.1) is 21.1 Å². The number of nitrogens with zero attached hydrogens (tertiary/aromatic N) is 2. The maximum absolute atomic E-state index is 13.7. The lowest BCUT2D eigenvalue weighted by atomic mass is 10.2. The van der Waals surface area contributed by atoms with Crippen LogP contribution in [0.4, 0.5) is 15.8 Å². The number of anilines is 1. The van der Waals surface area contributed by atoms with Crippen molar-refractivity contribution in [2.24, 2.45) is 0 Å². The van der Waals surface area contributed by atoms with Crippen molar-refractivity contribution in [2.45, 2.75) is 24.8 Å². The summed E-state index contributed by atoms with van der Waals surface area (Å²) in [6.07, 6.45) is 0. The fourth-order valence-electron chi connectivity index (χ4n) is 2.35. The van der Waals surface area contributed by atoms with E-state index in [0.29, 0.717) is 0 Å². The SMILES string of the molecule is CC(C)N(C)S(=O)(=O)c1cccc(C(=O)OCC(=O)Nc2cc([N+](=O)[O-])ccc2F)c1. The highest BCUT2D eigenvalue weighted by molar-refractivity contribution is 7.89. The van der Waals surface area contributed by atoms with Crippen LogP contribution in [0.1, 0.15) is 24.2 Å². The van der Waals surface area contributed by atoms with Crippen LogP contribution in [-0.4, -0.2) is 49.2 Å². The Hall–Kier alpha value is -3.38. The number of amides is 1. The Kier molecular flexibility index (Phi) is 7.41. The number of nitrogens with one attached hydrogen (secondary N) is 1. The zero-order valence-corrected chi connectivity index (χ0v) is 17.7. The van der Waals surface area contributed by atoms with Crippen molar-refractivity contribution in [3.05, 3.63) is 64.0 Å². The molecule has 2 rings (SSSR count). The molecule has 0 radical (unpaired) electrons. The zero-order valence-electron chi connectivity index (χ0n) is 16.9. The molecule has 0 aliphatic carbocycles. The van der Waals surface area contributed by atoms with E-state index in [4.69, 9.17) is 4.74 Å². The molecule has 0 saturated carbocycles. The summed E-state index contributed by atoms with van der Waals surface area (Å²) in [4.78, 5) is 34.0. The van der Waals surface area contributed by atoms with Crippen molar-refractivity contribution in [3.63, 3.8) is 0 Å². The highest BCUT2D eigenvalue weighted by Gasteiger charge is 2.24. The number of nitro groups is 1. The van der Waals surface area contributed by atoms with E-state index in [9.17, 15) is 32.5 Å². The van der Waals surface area contributed by atoms with Crippen molar-refractivity contribution in [3.8, 4) is 0 Å². The van der Waals surface area contributed by atoms with Gasteiger partial charge in [0.2, 0.25) is 10.0 Å². The monoisotopic (exact) mass is 453 g/mol. The second kappa shape index (κ2) is 9.62. The van der Waals surface area contributed by atoms with Gasteiger partial charge in [0.15, 0.2) is 6.61 Å². The predicted molar refractivity (Wildman–Crippen MR) is 108 cm³/mol. The first-order chi connectivity index (χ1) is 14.4. The zero-order chi connectivity index (χ0) is 23.3. The van der Waals surface area contributed by atoms with Crippen LogP contribution in [0.5, 0.6) is 0 Å². The third kappa shape index (κ3) is 5.83. The van der Waals surface area contributed by atoms with Gasteiger partial charge in [-0.05, 0) is 38.1 Å². The van der Waals surface area contributed by atoms with E-state index >= 15 is 0 Å². The smallest absolute Gasteiger partial charge is 0.338 e. The van der Waals surface area contributed by atoms with E-state index in [1.165, 1.54) is 25.2 Å². The van der Waals surface area contributed by atoms with Crippen LogP contribution in [0.25, 0.3) is 0 Å². The molecule has 2 aromatic carbocycles. The summed E-state index contributed by atoms with van der Waals surface area (Å²) in [5.41, 5.74) is -0.981. The lowest BCUT2D eigenvalue weighted by Crippen LogP contribution is -2.33. The van der Waals surface area contributed by atoms with Crippen molar-refractivity contribution >= 4 is 33.3 Å². The molecular formula is C19H20FN3O7S. The molecule has 0 spiro atoms. The standard InChI is InChI=1S/C19H20FN3O7S/c1-12(2)22(3)31(28,29)15-6-4-5-13(9-15)19(25)30-11-18(24)21-17-10-14(23(26)27)7-8-16(17)20/h4-10,12H,11H2,1-3H3,(H,21,24). The van der Waals surface area contributed by atoms with E-state index in [1.807, 2.05) is 0 Å². The fraction of sp³-hybridized carbons (Fsp3) is 0.263. The number of halogens is 1. The fourth-order valence-corrected chi connectivity index (χ4v) is 3.76. The van der Waals surface area contributed by atoms with Crippen molar-refractivity contribution in [2.75, 3.05) is 19.0 Å². The van der Waals surface area contributed by atoms with Crippen LogP contribution in [0.3, 0.4) is 0 Å². The molecule has 12 heteroatoms. The van der Waals surface area contributed by atoms with E-state index in [1.54, 1.807) is 13.8 Å². The second-order valence-electron chi connectivity index (χ2n) is 6.69. The lowest BCUT2D eigenvalue weighted by molar-refractivity contribution is -0.384. The Morgan fingerprint density at radius 3 is 2.52 bits per heavy atom. The Morgan fingerprint density at radius 2 is 1.90 bits per heavy atom. The molecule has 166 valence electrons. The third-order valence-corrected chi connectivity index (χ3v) is 6.27. The van der Waals surface area contributed by atoms with Crippen LogP contribution < -0.4 is 5.32 Å². The van der Waals surface area contributed by atoms with Crippen LogP contribution in [-0.2, 0) is 19.6 Å². The number of sulfonamides is 1.